The average molecular weight is 490 g/mol. The quantitative estimate of drug-likeness (QED) is 0.182. The van der Waals surface area contributed by atoms with Gasteiger partial charge in [0.2, 0.25) is 5.13 Å². The van der Waals surface area contributed by atoms with Gasteiger partial charge < -0.3 is 5.11 Å². The molecule has 0 aliphatic heterocycles. The largest absolute Gasteiger partial charge is 0.507 e. The first-order valence-electron chi connectivity index (χ1n) is 10.3. The summed E-state index contributed by atoms with van der Waals surface area (Å²) in [5.41, 5.74) is 7.31. The minimum Gasteiger partial charge on any atom is -0.507 e. The second kappa shape index (κ2) is 9.69. The van der Waals surface area contributed by atoms with Crippen molar-refractivity contribution in [3.05, 3.63) is 97.6 Å². The number of aromatic nitrogens is 1. The minimum atomic E-state index is -0.558. The number of nitro groups is 2. The molecule has 1 heterocycles. The summed E-state index contributed by atoms with van der Waals surface area (Å²) in [5, 5.41) is 36.5. The number of aromatic hydroxyl groups is 1. The van der Waals surface area contributed by atoms with E-state index in [9.17, 15) is 25.3 Å². The van der Waals surface area contributed by atoms with Crippen molar-refractivity contribution in [2.75, 3.05) is 5.43 Å². The van der Waals surface area contributed by atoms with Gasteiger partial charge in [0.15, 0.2) is 0 Å². The monoisotopic (exact) mass is 489 g/mol. The summed E-state index contributed by atoms with van der Waals surface area (Å²) in [6.45, 7) is 3.98. The van der Waals surface area contributed by atoms with E-state index >= 15 is 0 Å². The van der Waals surface area contributed by atoms with Crippen LogP contribution in [-0.2, 0) is 0 Å². The number of rotatable bonds is 7. The molecule has 0 saturated heterocycles. The molecule has 4 aromatic rings. The Balaban J connectivity index is 1.71. The fourth-order valence-electron chi connectivity index (χ4n) is 3.48. The highest BCUT2D eigenvalue weighted by atomic mass is 32.1. The molecule has 0 fully saturated rings. The molecular formula is C24H19N5O5S. The molecule has 10 nitrogen and oxygen atoms in total. The van der Waals surface area contributed by atoms with E-state index in [0.29, 0.717) is 10.8 Å². The Bertz CT molecular complexity index is 1460. The standard InChI is InChI=1S/C24H19N5O5S/c1-14-3-9-20(15(2)11-14)22-23(16-4-6-18(7-5-16)28(31)32)35-24(26-22)27-25-13-17-12-19(29(33)34)8-10-21(17)30/h3-13,30H,1-2H3,(H,26,27)/b25-13-. The lowest BCUT2D eigenvalue weighted by Crippen LogP contribution is -1.93. The third-order valence-electron chi connectivity index (χ3n) is 5.19. The van der Waals surface area contributed by atoms with E-state index in [1.54, 1.807) is 12.1 Å². The van der Waals surface area contributed by atoms with E-state index in [0.717, 1.165) is 27.1 Å². The molecule has 0 aliphatic carbocycles. The Morgan fingerprint density at radius 1 is 0.971 bits per heavy atom. The first-order valence-corrected chi connectivity index (χ1v) is 11.1. The number of benzene rings is 3. The van der Waals surface area contributed by atoms with Gasteiger partial charge in [-0.05, 0) is 43.2 Å². The van der Waals surface area contributed by atoms with Crippen molar-refractivity contribution in [1.82, 2.24) is 4.98 Å². The number of nitro benzene ring substituents is 2. The molecule has 3 aromatic carbocycles. The van der Waals surface area contributed by atoms with Crippen LogP contribution in [0.25, 0.3) is 21.7 Å². The smallest absolute Gasteiger partial charge is 0.270 e. The molecule has 0 unspecified atom stereocenters. The van der Waals surface area contributed by atoms with Gasteiger partial charge in [-0.3, -0.25) is 25.7 Å². The SMILES string of the molecule is Cc1ccc(-c2nc(N/N=C\c3cc([N+](=O)[O-])ccc3O)sc2-c2ccc([N+](=O)[O-])cc2)c(C)c1. The molecule has 11 heteroatoms. The summed E-state index contributed by atoms with van der Waals surface area (Å²) in [5.74, 6) is -0.150. The van der Waals surface area contributed by atoms with E-state index < -0.39 is 9.85 Å². The van der Waals surface area contributed by atoms with E-state index in [-0.39, 0.29) is 22.7 Å². The maximum absolute atomic E-state index is 11.1. The number of thiazole rings is 1. The van der Waals surface area contributed by atoms with E-state index in [4.69, 9.17) is 4.98 Å². The molecule has 1 aromatic heterocycles. The first kappa shape index (κ1) is 23.5. The topological polar surface area (TPSA) is 144 Å². The molecule has 35 heavy (non-hydrogen) atoms. The van der Waals surface area contributed by atoms with E-state index in [1.165, 1.54) is 47.9 Å². The van der Waals surface area contributed by atoms with Gasteiger partial charge in [0, 0.05) is 35.4 Å². The highest BCUT2D eigenvalue weighted by Crippen LogP contribution is 2.40. The first-order chi connectivity index (χ1) is 16.7. The van der Waals surface area contributed by atoms with Crippen LogP contribution in [0.3, 0.4) is 0 Å². The number of non-ortho nitro benzene ring substituents is 2. The number of anilines is 1. The molecule has 0 radical (unpaired) electrons. The number of hydrogen-bond donors (Lipinski definition) is 2. The maximum atomic E-state index is 11.1. The Hall–Kier alpha value is -4.64. The Kier molecular flexibility index (Phi) is 6.51. The summed E-state index contributed by atoms with van der Waals surface area (Å²) < 4.78 is 0. The third-order valence-corrected chi connectivity index (χ3v) is 6.20. The molecule has 0 saturated carbocycles. The molecule has 176 valence electrons. The lowest BCUT2D eigenvalue weighted by Gasteiger charge is -2.07. The fourth-order valence-corrected chi connectivity index (χ4v) is 4.41. The van der Waals surface area contributed by atoms with Crippen LogP contribution in [-0.4, -0.2) is 26.2 Å². The molecular weight excluding hydrogens is 470 g/mol. The Labute approximate surface area is 203 Å². The lowest BCUT2D eigenvalue weighted by molar-refractivity contribution is -0.385. The van der Waals surface area contributed by atoms with Crippen LogP contribution < -0.4 is 5.43 Å². The van der Waals surface area contributed by atoms with Crippen LogP contribution in [0.2, 0.25) is 0 Å². The molecule has 0 spiro atoms. The molecule has 0 bridgehead atoms. The second-order valence-electron chi connectivity index (χ2n) is 7.69. The summed E-state index contributed by atoms with van der Waals surface area (Å²) in [6.07, 6.45) is 1.27. The zero-order chi connectivity index (χ0) is 25.1. The lowest BCUT2D eigenvalue weighted by atomic mass is 10.0. The van der Waals surface area contributed by atoms with Gasteiger partial charge in [0.25, 0.3) is 11.4 Å². The molecule has 0 atom stereocenters. The van der Waals surface area contributed by atoms with Crippen molar-refractivity contribution in [2.45, 2.75) is 13.8 Å². The maximum Gasteiger partial charge on any atom is 0.270 e. The second-order valence-corrected chi connectivity index (χ2v) is 8.69. The van der Waals surface area contributed by atoms with Crippen LogP contribution >= 0.6 is 11.3 Å². The summed E-state index contributed by atoms with van der Waals surface area (Å²) in [6, 6.07) is 15.9. The molecule has 4 rings (SSSR count). The van der Waals surface area contributed by atoms with Crippen molar-refractivity contribution in [3.63, 3.8) is 0 Å². The Morgan fingerprint density at radius 3 is 2.31 bits per heavy atom. The van der Waals surface area contributed by atoms with Gasteiger partial charge in [0.05, 0.1) is 26.6 Å². The predicted molar refractivity (Wildman–Crippen MR) is 135 cm³/mol. The van der Waals surface area contributed by atoms with Crippen molar-refractivity contribution in [3.8, 4) is 27.4 Å². The number of phenols is 1. The highest BCUT2D eigenvalue weighted by molar-refractivity contribution is 7.19. The molecule has 0 amide bonds. The molecule has 2 N–H and O–H groups in total. The van der Waals surface area contributed by atoms with Gasteiger partial charge in [-0.25, -0.2) is 4.98 Å². The van der Waals surface area contributed by atoms with Gasteiger partial charge in [-0.2, -0.15) is 5.10 Å². The summed E-state index contributed by atoms with van der Waals surface area (Å²) >= 11 is 1.31. The molecule has 0 aliphatic rings. The van der Waals surface area contributed by atoms with Crippen molar-refractivity contribution < 1.29 is 15.0 Å². The van der Waals surface area contributed by atoms with Crippen LogP contribution in [0.1, 0.15) is 16.7 Å². The van der Waals surface area contributed by atoms with Gasteiger partial charge >= 0.3 is 0 Å². The van der Waals surface area contributed by atoms with Crippen LogP contribution in [0.4, 0.5) is 16.5 Å². The van der Waals surface area contributed by atoms with Gasteiger partial charge in [-0.1, -0.05) is 35.1 Å². The van der Waals surface area contributed by atoms with E-state index in [2.05, 4.69) is 10.5 Å². The number of phenolic OH excluding ortho intramolecular Hbond substituents is 1. The minimum absolute atomic E-state index is 0.00829. The highest BCUT2D eigenvalue weighted by Gasteiger charge is 2.18. The number of aryl methyl sites for hydroxylation is 2. The number of nitrogens with one attached hydrogen (secondary N) is 1. The van der Waals surface area contributed by atoms with Crippen LogP contribution in [0.15, 0.2) is 65.8 Å². The third kappa shape index (κ3) is 5.14. The normalized spacial score (nSPS) is 11.0. The Morgan fingerprint density at radius 2 is 1.66 bits per heavy atom. The fraction of sp³-hybridized carbons (Fsp3) is 0.0833. The number of hydrazone groups is 1. The van der Waals surface area contributed by atoms with Crippen molar-refractivity contribution in [1.29, 1.82) is 0 Å². The summed E-state index contributed by atoms with van der Waals surface area (Å²) in [4.78, 5) is 26.5. The predicted octanol–water partition coefficient (Wildman–Crippen LogP) is 6.06. The van der Waals surface area contributed by atoms with Crippen LogP contribution in [0, 0.1) is 34.1 Å². The van der Waals surface area contributed by atoms with Crippen molar-refractivity contribution in [2.24, 2.45) is 5.10 Å². The van der Waals surface area contributed by atoms with Crippen molar-refractivity contribution >= 4 is 34.1 Å². The number of hydrogen-bond acceptors (Lipinski definition) is 9. The van der Waals surface area contributed by atoms with Gasteiger partial charge in [0.1, 0.15) is 5.75 Å². The van der Waals surface area contributed by atoms with Crippen LogP contribution in [0.5, 0.6) is 5.75 Å². The zero-order valence-corrected chi connectivity index (χ0v) is 19.4. The van der Waals surface area contributed by atoms with Gasteiger partial charge in [-0.15, -0.1) is 0 Å². The summed E-state index contributed by atoms with van der Waals surface area (Å²) in [7, 11) is 0. The van der Waals surface area contributed by atoms with E-state index in [1.807, 2.05) is 32.0 Å². The number of nitrogens with zero attached hydrogens (tertiary/aromatic N) is 4. The zero-order valence-electron chi connectivity index (χ0n) is 18.6. The average Bonchev–Trinajstić information content (AvgIpc) is 3.24.